The predicted molar refractivity (Wildman–Crippen MR) is 92.1 cm³/mol. The lowest BCUT2D eigenvalue weighted by molar-refractivity contribution is -0.139. The molecule has 0 unspecified atom stereocenters. The van der Waals surface area contributed by atoms with E-state index >= 15 is 0 Å². The van der Waals surface area contributed by atoms with Crippen molar-refractivity contribution >= 4 is 5.91 Å². The lowest BCUT2D eigenvalue weighted by Crippen LogP contribution is -2.54. The first-order chi connectivity index (χ1) is 11.7. The molecule has 138 valence electrons. The number of carbonyl (C=O) groups is 1. The fraction of sp³-hybridized carbons (Fsp3) is 0.941. The molecule has 0 aromatic carbocycles. The fourth-order valence-corrected chi connectivity index (χ4v) is 3.80. The van der Waals surface area contributed by atoms with Crippen molar-refractivity contribution < 1.29 is 14.3 Å². The van der Waals surface area contributed by atoms with Crippen LogP contribution in [0.15, 0.2) is 0 Å². The van der Waals surface area contributed by atoms with Gasteiger partial charge in [-0.1, -0.05) is 0 Å². The second-order valence-corrected chi connectivity index (χ2v) is 7.19. The summed E-state index contributed by atoms with van der Waals surface area (Å²) in [7, 11) is 2.20. The van der Waals surface area contributed by atoms with Crippen LogP contribution in [0.5, 0.6) is 0 Å². The highest BCUT2D eigenvalue weighted by atomic mass is 16.5. The molecule has 0 aliphatic carbocycles. The van der Waals surface area contributed by atoms with E-state index in [9.17, 15) is 4.79 Å². The lowest BCUT2D eigenvalue weighted by Gasteiger charge is -2.42. The third-order valence-corrected chi connectivity index (χ3v) is 5.41. The Morgan fingerprint density at radius 1 is 1.17 bits per heavy atom. The van der Waals surface area contributed by atoms with Crippen molar-refractivity contribution in [3.8, 4) is 0 Å². The normalized spacial score (nSPS) is 28.2. The molecule has 3 rings (SSSR count). The zero-order valence-electron chi connectivity index (χ0n) is 14.9. The van der Waals surface area contributed by atoms with Crippen LogP contribution >= 0.6 is 0 Å². The summed E-state index contributed by atoms with van der Waals surface area (Å²) in [6.45, 7) is 9.07. The Balaban J connectivity index is 1.31. The minimum atomic E-state index is 0.120. The van der Waals surface area contributed by atoms with Crippen LogP contribution < -0.4 is 5.32 Å². The van der Waals surface area contributed by atoms with Gasteiger partial charge >= 0.3 is 0 Å². The highest BCUT2D eigenvalue weighted by Gasteiger charge is 2.28. The van der Waals surface area contributed by atoms with Gasteiger partial charge in [0.05, 0.1) is 25.9 Å². The largest absolute Gasteiger partial charge is 0.378 e. The summed E-state index contributed by atoms with van der Waals surface area (Å²) < 4.78 is 11.0. The topological polar surface area (TPSA) is 57.3 Å². The van der Waals surface area contributed by atoms with E-state index < -0.39 is 0 Å². The molecule has 0 spiro atoms. The first-order valence-corrected chi connectivity index (χ1v) is 9.31. The van der Waals surface area contributed by atoms with E-state index in [-0.39, 0.29) is 18.6 Å². The number of likely N-dealkylation sites (tertiary alicyclic amines) is 1. The summed E-state index contributed by atoms with van der Waals surface area (Å²) in [4.78, 5) is 19.2. The molecule has 0 saturated carbocycles. The van der Waals surface area contributed by atoms with Gasteiger partial charge in [0.15, 0.2) is 0 Å². The number of amides is 1. The molecule has 1 amide bonds. The van der Waals surface area contributed by atoms with Crippen molar-refractivity contribution in [1.82, 2.24) is 20.0 Å². The molecule has 0 aromatic heterocycles. The van der Waals surface area contributed by atoms with Crippen LogP contribution in [-0.2, 0) is 14.3 Å². The van der Waals surface area contributed by atoms with Gasteiger partial charge in [-0.15, -0.1) is 0 Å². The molecule has 0 aromatic rings. The summed E-state index contributed by atoms with van der Waals surface area (Å²) in [6, 6.07) is 0.917. The third kappa shape index (κ3) is 5.13. The maximum atomic E-state index is 12.3. The molecule has 3 fully saturated rings. The summed E-state index contributed by atoms with van der Waals surface area (Å²) >= 11 is 0. The molecule has 24 heavy (non-hydrogen) atoms. The standard InChI is InChI=1S/C17H32N4O3/c1-19-5-2-16(3-6-19)20-7-9-21(10-8-20)17(22)14-24-13-15-12-23-11-4-18-15/h15-16,18H,2-14H2,1H3/t15-/m1/s1. The molecule has 0 radical (unpaired) electrons. The predicted octanol–water partition coefficient (Wildman–Crippen LogP) is -0.770. The number of carbonyl (C=O) groups excluding carboxylic acids is 1. The van der Waals surface area contributed by atoms with E-state index in [4.69, 9.17) is 9.47 Å². The Kier molecular flexibility index (Phi) is 6.85. The highest BCUT2D eigenvalue weighted by molar-refractivity contribution is 5.77. The van der Waals surface area contributed by atoms with Crippen LogP contribution in [0.25, 0.3) is 0 Å². The van der Waals surface area contributed by atoms with Gasteiger partial charge in [-0.25, -0.2) is 0 Å². The zero-order valence-corrected chi connectivity index (χ0v) is 14.9. The van der Waals surface area contributed by atoms with Crippen LogP contribution in [0.4, 0.5) is 0 Å². The maximum absolute atomic E-state index is 12.3. The van der Waals surface area contributed by atoms with Gasteiger partial charge in [0, 0.05) is 38.8 Å². The van der Waals surface area contributed by atoms with E-state index in [1.54, 1.807) is 0 Å². The molecule has 3 saturated heterocycles. The van der Waals surface area contributed by atoms with Crippen LogP contribution in [0.2, 0.25) is 0 Å². The van der Waals surface area contributed by atoms with Gasteiger partial charge in [0.2, 0.25) is 5.91 Å². The number of piperidine rings is 1. The Morgan fingerprint density at radius 3 is 2.58 bits per heavy atom. The first-order valence-electron chi connectivity index (χ1n) is 9.31. The Morgan fingerprint density at radius 2 is 1.92 bits per heavy atom. The van der Waals surface area contributed by atoms with E-state index in [0.29, 0.717) is 19.3 Å². The number of ether oxygens (including phenoxy) is 2. The van der Waals surface area contributed by atoms with E-state index in [1.807, 2.05) is 4.90 Å². The van der Waals surface area contributed by atoms with Crippen molar-refractivity contribution in [3.63, 3.8) is 0 Å². The van der Waals surface area contributed by atoms with Gasteiger partial charge in [-0.3, -0.25) is 9.69 Å². The van der Waals surface area contributed by atoms with Crippen molar-refractivity contribution in [2.75, 3.05) is 79.3 Å². The second-order valence-electron chi connectivity index (χ2n) is 7.19. The van der Waals surface area contributed by atoms with Crippen LogP contribution in [0.3, 0.4) is 0 Å². The van der Waals surface area contributed by atoms with Crippen molar-refractivity contribution in [2.45, 2.75) is 24.9 Å². The lowest BCUT2D eigenvalue weighted by atomic mass is 10.0. The second kappa shape index (κ2) is 9.10. The number of nitrogens with zero attached hydrogens (tertiary/aromatic N) is 3. The third-order valence-electron chi connectivity index (χ3n) is 5.41. The van der Waals surface area contributed by atoms with E-state index in [0.717, 1.165) is 39.3 Å². The van der Waals surface area contributed by atoms with Crippen molar-refractivity contribution in [2.24, 2.45) is 0 Å². The molecule has 1 atom stereocenters. The SMILES string of the molecule is CN1CCC(N2CCN(C(=O)COC[C@H]3COCCN3)CC2)CC1. The number of piperazine rings is 1. The maximum Gasteiger partial charge on any atom is 0.248 e. The first kappa shape index (κ1) is 18.1. The molecular formula is C17H32N4O3. The summed E-state index contributed by atoms with van der Waals surface area (Å²) in [5, 5.41) is 3.33. The molecule has 3 heterocycles. The minimum Gasteiger partial charge on any atom is -0.378 e. The fourth-order valence-electron chi connectivity index (χ4n) is 3.80. The molecule has 0 bridgehead atoms. The highest BCUT2D eigenvalue weighted by Crippen LogP contribution is 2.17. The molecule has 3 aliphatic rings. The summed E-state index contributed by atoms with van der Waals surface area (Å²) in [6.07, 6.45) is 2.51. The monoisotopic (exact) mass is 340 g/mol. The van der Waals surface area contributed by atoms with Crippen LogP contribution in [0.1, 0.15) is 12.8 Å². The van der Waals surface area contributed by atoms with Gasteiger partial charge < -0.3 is 24.6 Å². The summed E-state index contributed by atoms with van der Waals surface area (Å²) in [5.74, 6) is 0.120. The van der Waals surface area contributed by atoms with Crippen LogP contribution in [0, 0.1) is 0 Å². The molecule has 3 aliphatic heterocycles. The number of nitrogens with one attached hydrogen (secondary N) is 1. The smallest absolute Gasteiger partial charge is 0.248 e. The van der Waals surface area contributed by atoms with E-state index in [2.05, 4.69) is 22.2 Å². The van der Waals surface area contributed by atoms with Crippen molar-refractivity contribution in [1.29, 1.82) is 0 Å². The number of hydrogen-bond donors (Lipinski definition) is 1. The minimum absolute atomic E-state index is 0.120. The van der Waals surface area contributed by atoms with Gasteiger partial charge in [0.1, 0.15) is 6.61 Å². The van der Waals surface area contributed by atoms with Gasteiger partial charge in [-0.2, -0.15) is 0 Å². The Labute approximate surface area is 145 Å². The number of morpholine rings is 1. The zero-order chi connectivity index (χ0) is 16.8. The van der Waals surface area contributed by atoms with E-state index in [1.165, 1.54) is 25.9 Å². The quantitative estimate of drug-likeness (QED) is 0.709. The molecule has 1 N–H and O–H groups in total. The van der Waals surface area contributed by atoms with Gasteiger partial charge in [0.25, 0.3) is 0 Å². The van der Waals surface area contributed by atoms with Gasteiger partial charge in [-0.05, 0) is 33.0 Å². The summed E-state index contributed by atoms with van der Waals surface area (Å²) in [5.41, 5.74) is 0. The molecule has 7 heteroatoms. The average molecular weight is 340 g/mol. The number of rotatable bonds is 5. The number of hydrogen-bond acceptors (Lipinski definition) is 6. The van der Waals surface area contributed by atoms with Crippen LogP contribution in [-0.4, -0.2) is 112 Å². The Bertz CT molecular complexity index is 387. The molecule has 7 nitrogen and oxygen atoms in total. The molecular weight excluding hydrogens is 308 g/mol. The Hall–Kier alpha value is -0.730. The van der Waals surface area contributed by atoms with Crippen molar-refractivity contribution in [3.05, 3.63) is 0 Å². The average Bonchev–Trinajstić information content (AvgIpc) is 2.63.